The van der Waals surface area contributed by atoms with Crippen LogP contribution in [0.15, 0.2) is 53.4 Å². The number of nitrogens with one attached hydrogen (secondary N) is 1. The first-order valence-electron chi connectivity index (χ1n) is 13.4. The van der Waals surface area contributed by atoms with Crippen molar-refractivity contribution < 1.29 is 38.3 Å². The van der Waals surface area contributed by atoms with E-state index in [9.17, 15) is 5.21 Å². The molecule has 1 aliphatic rings. The second kappa shape index (κ2) is 17.2. The number of hydrogen-bond acceptors (Lipinski definition) is 10. The van der Waals surface area contributed by atoms with E-state index in [-0.39, 0.29) is 12.2 Å². The van der Waals surface area contributed by atoms with Gasteiger partial charge in [0.1, 0.15) is 0 Å². The molecule has 0 saturated carbocycles. The van der Waals surface area contributed by atoms with Crippen molar-refractivity contribution in [3.05, 3.63) is 76.9 Å². The van der Waals surface area contributed by atoms with Crippen LogP contribution in [0.1, 0.15) is 41.7 Å². The van der Waals surface area contributed by atoms with Gasteiger partial charge in [0.2, 0.25) is 5.75 Å². The minimum atomic E-state index is -0.159. The number of rotatable bonds is 14. The zero-order valence-corrected chi connectivity index (χ0v) is 26.4. The molecule has 10 nitrogen and oxygen atoms in total. The maximum atomic E-state index is 9.74. The van der Waals surface area contributed by atoms with Crippen molar-refractivity contribution in [2.24, 2.45) is 0 Å². The summed E-state index contributed by atoms with van der Waals surface area (Å²) in [6.07, 6.45) is 1.33. The van der Waals surface area contributed by atoms with Gasteiger partial charge in [0.15, 0.2) is 23.0 Å². The van der Waals surface area contributed by atoms with E-state index < -0.39 is 0 Å². The quantitative estimate of drug-likeness (QED) is 0.0678. The molecular weight excluding hydrogens is 596 g/mol. The molecule has 0 amide bonds. The molecular formula is C31H37ClN2O8S. The predicted octanol–water partition coefficient (Wildman–Crippen LogP) is 6.43. The molecule has 0 bridgehead atoms. The third-order valence-corrected chi connectivity index (χ3v) is 7.96. The Balaban J connectivity index is 0.00000248. The van der Waals surface area contributed by atoms with E-state index in [2.05, 4.69) is 12.1 Å². The molecule has 1 aliphatic heterocycles. The first-order chi connectivity index (χ1) is 20.9. The SMILES string of the molecule is COc1cc([C@H]2CC[C@H](c3cc(OC)c(OC)c(OC)c3)O2)cc(CNN(C)O)c1OCCSc1ccc(Cl)cc1.[C-]#[O+]. The number of nitrogens with zero attached hydrogens (tertiary/aromatic N) is 1. The maximum absolute atomic E-state index is 9.74. The molecule has 3 aromatic rings. The molecule has 2 atom stereocenters. The van der Waals surface area contributed by atoms with Gasteiger partial charge in [-0.2, -0.15) is 0 Å². The summed E-state index contributed by atoms with van der Waals surface area (Å²) in [4.78, 5) is 1.11. The average molecular weight is 633 g/mol. The zero-order valence-electron chi connectivity index (χ0n) is 24.8. The van der Waals surface area contributed by atoms with E-state index in [1.165, 1.54) is 7.05 Å². The molecule has 232 valence electrons. The summed E-state index contributed by atoms with van der Waals surface area (Å²) in [5.41, 5.74) is 5.69. The van der Waals surface area contributed by atoms with Gasteiger partial charge < -0.3 is 28.4 Å². The fourth-order valence-electron chi connectivity index (χ4n) is 4.76. The summed E-state index contributed by atoms with van der Waals surface area (Å²) in [5.74, 6) is 3.70. The zero-order chi connectivity index (χ0) is 31.4. The molecule has 4 rings (SSSR count). The van der Waals surface area contributed by atoms with Gasteiger partial charge in [-0.1, -0.05) is 11.6 Å². The Labute approximate surface area is 261 Å². The Morgan fingerprint density at radius 1 is 0.907 bits per heavy atom. The van der Waals surface area contributed by atoms with Crippen LogP contribution in [0.2, 0.25) is 5.02 Å². The van der Waals surface area contributed by atoms with Crippen LogP contribution in [-0.4, -0.2) is 58.2 Å². The summed E-state index contributed by atoms with van der Waals surface area (Å²) in [6.45, 7) is 5.30. The van der Waals surface area contributed by atoms with Gasteiger partial charge in [0.25, 0.3) is 0 Å². The van der Waals surface area contributed by atoms with E-state index in [4.69, 9.17) is 44.7 Å². The van der Waals surface area contributed by atoms with Crippen LogP contribution in [0.25, 0.3) is 0 Å². The molecule has 0 aliphatic carbocycles. The van der Waals surface area contributed by atoms with Gasteiger partial charge in [-0.15, -0.1) is 16.9 Å². The normalized spacial score (nSPS) is 15.9. The van der Waals surface area contributed by atoms with Crippen LogP contribution < -0.4 is 29.1 Å². The summed E-state index contributed by atoms with van der Waals surface area (Å²) >= 11 is 7.67. The third-order valence-electron chi connectivity index (χ3n) is 6.73. The van der Waals surface area contributed by atoms with Crippen LogP contribution in [-0.2, 0) is 15.9 Å². The van der Waals surface area contributed by atoms with Gasteiger partial charge in [-0.3, -0.25) is 5.21 Å². The second-order valence-corrected chi connectivity index (χ2v) is 11.0. The number of halogens is 1. The van der Waals surface area contributed by atoms with Crippen molar-refractivity contribution in [3.63, 3.8) is 0 Å². The monoisotopic (exact) mass is 632 g/mol. The summed E-state index contributed by atoms with van der Waals surface area (Å²) in [7, 11) is 7.93. The van der Waals surface area contributed by atoms with Gasteiger partial charge in [0.05, 0.1) is 47.3 Å². The third kappa shape index (κ3) is 9.18. The van der Waals surface area contributed by atoms with Crippen molar-refractivity contribution in [1.29, 1.82) is 0 Å². The Hall–Kier alpha value is -3.12. The van der Waals surface area contributed by atoms with Crippen LogP contribution in [0.3, 0.4) is 0 Å². The molecule has 0 aromatic heterocycles. The molecule has 3 aromatic carbocycles. The number of thioether (sulfide) groups is 1. The molecule has 0 unspecified atom stereocenters. The van der Waals surface area contributed by atoms with Crippen molar-refractivity contribution >= 4 is 23.4 Å². The Morgan fingerprint density at radius 2 is 1.44 bits per heavy atom. The van der Waals surface area contributed by atoms with E-state index in [0.29, 0.717) is 46.9 Å². The molecule has 1 fully saturated rings. The average Bonchev–Trinajstić information content (AvgIpc) is 3.53. The van der Waals surface area contributed by atoms with E-state index in [1.54, 1.807) is 40.2 Å². The molecule has 0 radical (unpaired) electrons. The van der Waals surface area contributed by atoms with Crippen LogP contribution >= 0.6 is 23.4 Å². The van der Waals surface area contributed by atoms with Crippen LogP contribution in [0.4, 0.5) is 0 Å². The summed E-state index contributed by atoms with van der Waals surface area (Å²) in [6, 6.07) is 15.6. The number of hydrogen-bond donors (Lipinski definition) is 2. The topological polar surface area (TPSA) is 111 Å². The second-order valence-electron chi connectivity index (χ2n) is 9.37. The minimum absolute atomic E-state index is 0.148. The van der Waals surface area contributed by atoms with E-state index in [0.717, 1.165) is 45.4 Å². The number of hydroxylamine groups is 1. The number of ether oxygens (including phenoxy) is 6. The molecule has 1 heterocycles. The first kappa shape index (κ1) is 34.4. The summed E-state index contributed by atoms with van der Waals surface area (Å²) in [5, 5.41) is 11.4. The number of methoxy groups -OCH3 is 4. The Bertz CT molecular complexity index is 1310. The Morgan fingerprint density at radius 3 is 1.95 bits per heavy atom. The Kier molecular flexibility index (Phi) is 13.8. The molecule has 2 N–H and O–H groups in total. The van der Waals surface area contributed by atoms with Crippen LogP contribution in [0, 0.1) is 6.65 Å². The van der Waals surface area contributed by atoms with Crippen LogP contribution in [0.5, 0.6) is 28.7 Å². The van der Waals surface area contributed by atoms with Gasteiger partial charge in [-0.05, 0) is 72.5 Å². The number of hydrazine groups is 1. The van der Waals surface area contributed by atoms with Crippen molar-refractivity contribution in [2.75, 3.05) is 47.8 Å². The van der Waals surface area contributed by atoms with Crippen molar-refractivity contribution in [3.8, 4) is 28.7 Å². The van der Waals surface area contributed by atoms with Gasteiger partial charge in [-0.25, -0.2) is 5.43 Å². The van der Waals surface area contributed by atoms with E-state index >= 15 is 0 Å². The molecule has 1 saturated heterocycles. The number of benzene rings is 3. The molecule has 12 heteroatoms. The van der Waals surface area contributed by atoms with E-state index in [1.807, 2.05) is 48.5 Å². The molecule has 43 heavy (non-hydrogen) atoms. The fourth-order valence-corrected chi connectivity index (χ4v) is 5.62. The summed E-state index contributed by atoms with van der Waals surface area (Å²) < 4.78 is 42.6. The fraction of sp³-hybridized carbons (Fsp3) is 0.387. The first-order valence-corrected chi connectivity index (χ1v) is 14.8. The van der Waals surface area contributed by atoms with Crippen molar-refractivity contribution in [1.82, 2.24) is 10.6 Å². The van der Waals surface area contributed by atoms with Crippen molar-refractivity contribution in [2.45, 2.75) is 36.5 Å². The predicted molar refractivity (Wildman–Crippen MR) is 163 cm³/mol. The molecule has 0 spiro atoms. The standard InChI is InChI=1S/C30H37ClN2O7S.CO/c1-33(34)32-18-21-14-19(15-26(35-2)29(21)39-12-13-41-23-8-6-22(31)7-9-23)24-10-11-25(40-24)20-16-27(36-3)30(38-5)28(17-20)37-4;1-2/h6-9,14-17,24-25,32,34H,10-13,18H2,1-5H3;/t24-,25-;/m1./s1. The van der Waals surface area contributed by atoms with Gasteiger partial charge >= 0.3 is 11.3 Å². The van der Waals surface area contributed by atoms with Gasteiger partial charge in [0, 0.05) is 34.8 Å².